The summed E-state index contributed by atoms with van der Waals surface area (Å²) in [6.07, 6.45) is 1.98. The van der Waals surface area contributed by atoms with Gasteiger partial charge in [-0.1, -0.05) is 6.92 Å². The maximum absolute atomic E-state index is 10.7. The van der Waals surface area contributed by atoms with Crippen LogP contribution in [0.15, 0.2) is 0 Å². The Kier molecular flexibility index (Phi) is 4.31. The predicted octanol–water partition coefficient (Wildman–Crippen LogP) is 1.41. The zero-order chi connectivity index (χ0) is 8.20. The summed E-state index contributed by atoms with van der Waals surface area (Å²) in [5, 5.41) is 0. The van der Waals surface area contributed by atoms with E-state index in [0.717, 1.165) is 10.8 Å². The minimum absolute atomic E-state index is 0.211. The summed E-state index contributed by atoms with van der Waals surface area (Å²) in [6, 6.07) is 0. The smallest absolute Gasteiger partial charge is 0.259 e. The molecule has 0 aliphatic rings. The molecule has 0 saturated heterocycles. The largest absolute Gasteiger partial charge is 0.322 e. The standard InChI is InChI=1S/C5H12O3S2/c1-4-5(2)8-10(6,7)9-3/h5H,4H2,1-3H3/t5-/m0/s1. The SMILES string of the molecule is CC[C@H](C)OS(=O)(=O)SC. The molecule has 0 unspecified atom stereocenters. The van der Waals surface area contributed by atoms with Gasteiger partial charge in [0.05, 0.1) is 6.10 Å². The van der Waals surface area contributed by atoms with Crippen LogP contribution < -0.4 is 0 Å². The van der Waals surface area contributed by atoms with Crippen LogP contribution >= 0.6 is 10.8 Å². The lowest BCUT2D eigenvalue weighted by Crippen LogP contribution is -2.10. The molecule has 0 aliphatic carbocycles. The van der Waals surface area contributed by atoms with E-state index in [-0.39, 0.29) is 6.10 Å². The van der Waals surface area contributed by atoms with E-state index in [2.05, 4.69) is 4.18 Å². The van der Waals surface area contributed by atoms with Gasteiger partial charge in [0.15, 0.2) is 0 Å². The van der Waals surface area contributed by atoms with Crippen LogP contribution in [0.4, 0.5) is 0 Å². The molecule has 10 heavy (non-hydrogen) atoms. The molecule has 0 aromatic heterocycles. The lowest BCUT2D eigenvalue weighted by molar-refractivity contribution is 0.232. The van der Waals surface area contributed by atoms with Gasteiger partial charge < -0.3 is 0 Å². The Morgan fingerprint density at radius 2 is 2.10 bits per heavy atom. The van der Waals surface area contributed by atoms with Crippen molar-refractivity contribution in [1.29, 1.82) is 0 Å². The van der Waals surface area contributed by atoms with Crippen molar-refractivity contribution < 1.29 is 12.6 Å². The summed E-state index contributed by atoms with van der Waals surface area (Å²) >= 11 is 0. The van der Waals surface area contributed by atoms with Gasteiger partial charge in [-0.05, 0) is 30.4 Å². The average Bonchev–Trinajstić information content (AvgIpc) is 1.87. The average molecular weight is 184 g/mol. The number of rotatable bonds is 4. The zero-order valence-electron chi connectivity index (χ0n) is 6.33. The van der Waals surface area contributed by atoms with Gasteiger partial charge in [0.25, 0.3) is 0 Å². The third-order valence-electron chi connectivity index (χ3n) is 1.06. The molecule has 0 bridgehead atoms. The molecule has 0 rings (SSSR count). The Morgan fingerprint density at radius 1 is 1.60 bits per heavy atom. The Labute approximate surface area is 65.7 Å². The second-order valence-electron chi connectivity index (χ2n) is 1.89. The van der Waals surface area contributed by atoms with E-state index < -0.39 is 9.15 Å². The van der Waals surface area contributed by atoms with Crippen LogP contribution in [0.1, 0.15) is 20.3 Å². The molecule has 1 atom stereocenters. The molecule has 62 valence electrons. The van der Waals surface area contributed by atoms with Crippen molar-refractivity contribution in [2.45, 2.75) is 26.4 Å². The molecule has 0 saturated carbocycles. The van der Waals surface area contributed by atoms with E-state index in [1.54, 1.807) is 6.92 Å². The van der Waals surface area contributed by atoms with Crippen molar-refractivity contribution in [2.75, 3.05) is 6.26 Å². The Morgan fingerprint density at radius 3 is 2.40 bits per heavy atom. The van der Waals surface area contributed by atoms with Gasteiger partial charge in [0, 0.05) is 0 Å². The monoisotopic (exact) mass is 184 g/mol. The van der Waals surface area contributed by atoms with E-state index in [0.29, 0.717) is 6.42 Å². The molecule has 0 spiro atoms. The highest BCUT2D eigenvalue weighted by atomic mass is 33.1. The highest BCUT2D eigenvalue weighted by molar-refractivity contribution is 8.70. The first-order chi connectivity index (χ1) is 4.52. The fourth-order valence-corrected chi connectivity index (χ4v) is 1.56. The second kappa shape index (κ2) is 4.20. The summed E-state index contributed by atoms with van der Waals surface area (Å²) in [5.74, 6) is 0. The molecular formula is C5H12O3S2. The van der Waals surface area contributed by atoms with Gasteiger partial charge in [-0.25, -0.2) is 0 Å². The minimum Gasteiger partial charge on any atom is -0.259 e. The first kappa shape index (κ1) is 10.3. The summed E-state index contributed by atoms with van der Waals surface area (Å²) in [7, 11) is -2.59. The van der Waals surface area contributed by atoms with Crippen molar-refractivity contribution in [2.24, 2.45) is 0 Å². The van der Waals surface area contributed by atoms with Gasteiger partial charge in [0.2, 0.25) is 0 Å². The molecule has 0 N–H and O–H groups in total. The molecule has 0 aromatic carbocycles. The molecule has 0 aliphatic heterocycles. The van der Waals surface area contributed by atoms with Crippen molar-refractivity contribution in [3.8, 4) is 0 Å². The lowest BCUT2D eigenvalue weighted by atomic mass is 10.3. The van der Waals surface area contributed by atoms with E-state index in [1.807, 2.05) is 6.92 Å². The van der Waals surface area contributed by atoms with Crippen LogP contribution in [-0.4, -0.2) is 20.8 Å². The molecule has 0 radical (unpaired) electrons. The lowest BCUT2D eigenvalue weighted by Gasteiger charge is -2.07. The van der Waals surface area contributed by atoms with E-state index in [4.69, 9.17) is 0 Å². The third kappa shape index (κ3) is 4.14. The van der Waals surface area contributed by atoms with Crippen LogP contribution in [0.25, 0.3) is 0 Å². The highest BCUT2D eigenvalue weighted by Gasteiger charge is 2.12. The minimum atomic E-state index is -3.31. The molecule has 0 aromatic rings. The fraction of sp³-hybridized carbons (Fsp3) is 1.00. The Bertz CT molecular complexity index is 173. The van der Waals surface area contributed by atoms with Gasteiger partial charge >= 0.3 is 9.15 Å². The first-order valence-corrected chi connectivity index (χ1v) is 6.15. The van der Waals surface area contributed by atoms with Crippen LogP contribution in [0, 0.1) is 0 Å². The number of hydrogen-bond donors (Lipinski definition) is 0. The molecule has 5 heteroatoms. The van der Waals surface area contributed by atoms with Gasteiger partial charge in [0.1, 0.15) is 0 Å². The van der Waals surface area contributed by atoms with Crippen LogP contribution in [0.2, 0.25) is 0 Å². The van der Waals surface area contributed by atoms with Crippen molar-refractivity contribution >= 4 is 19.9 Å². The summed E-state index contributed by atoms with van der Waals surface area (Å²) in [5.41, 5.74) is 0. The quantitative estimate of drug-likeness (QED) is 0.620. The topological polar surface area (TPSA) is 43.4 Å². The fourth-order valence-electron chi connectivity index (χ4n) is 0.309. The molecule has 3 nitrogen and oxygen atoms in total. The van der Waals surface area contributed by atoms with Crippen molar-refractivity contribution in [3.05, 3.63) is 0 Å². The van der Waals surface area contributed by atoms with Gasteiger partial charge in [-0.3, -0.25) is 4.18 Å². The zero-order valence-corrected chi connectivity index (χ0v) is 7.96. The van der Waals surface area contributed by atoms with E-state index in [9.17, 15) is 8.42 Å². The Balaban J connectivity index is 3.90. The molecular weight excluding hydrogens is 172 g/mol. The molecule has 0 fully saturated rings. The Hall–Kier alpha value is 0.260. The summed E-state index contributed by atoms with van der Waals surface area (Å²) in [4.78, 5) is 0. The first-order valence-electron chi connectivity index (χ1n) is 3.00. The maximum atomic E-state index is 10.7. The van der Waals surface area contributed by atoms with Gasteiger partial charge in [-0.15, -0.1) is 0 Å². The van der Waals surface area contributed by atoms with Crippen LogP contribution in [-0.2, 0) is 13.3 Å². The highest BCUT2D eigenvalue weighted by Crippen LogP contribution is 2.13. The van der Waals surface area contributed by atoms with Crippen LogP contribution in [0.5, 0.6) is 0 Å². The van der Waals surface area contributed by atoms with E-state index >= 15 is 0 Å². The van der Waals surface area contributed by atoms with Gasteiger partial charge in [-0.2, -0.15) is 8.42 Å². The number of hydrogen-bond acceptors (Lipinski definition) is 4. The molecule has 0 amide bonds. The summed E-state index contributed by atoms with van der Waals surface area (Å²) in [6.45, 7) is 3.61. The second-order valence-corrected chi connectivity index (χ2v) is 5.46. The van der Waals surface area contributed by atoms with Crippen molar-refractivity contribution in [1.82, 2.24) is 0 Å². The predicted molar refractivity (Wildman–Crippen MR) is 43.3 cm³/mol. The normalized spacial score (nSPS) is 15.1. The van der Waals surface area contributed by atoms with Crippen molar-refractivity contribution in [3.63, 3.8) is 0 Å². The maximum Gasteiger partial charge on any atom is 0.322 e. The third-order valence-corrected chi connectivity index (χ3v) is 3.49. The molecule has 0 heterocycles. The van der Waals surface area contributed by atoms with Crippen LogP contribution in [0.3, 0.4) is 0 Å². The summed E-state index contributed by atoms with van der Waals surface area (Å²) < 4.78 is 26.1. The van der Waals surface area contributed by atoms with E-state index in [1.165, 1.54) is 6.26 Å².